The van der Waals surface area contributed by atoms with Gasteiger partial charge in [-0.15, -0.1) is 0 Å². The van der Waals surface area contributed by atoms with Crippen molar-refractivity contribution in [3.63, 3.8) is 0 Å². The van der Waals surface area contributed by atoms with Crippen molar-refractivity contribution >= 4 is 67.6 Å². The maximum atomic E-state index is 13.3. The molecule has 0 aromatic heterocycles. The van der Waals surface area contributed by atoms with E-state index in [1.807, 2.05) is 36.4 Å². The van der Waals surface area contributed by atoms with Gasteiger partial charge in [0.25, 0.3) is 11.8 Å². The van der Waals surface area contributed by atoms with Crippen LogP contribution in [0.1, 0.15) is 32.4 Å². The first-order valence-corrected chi connectivity index (χ1v) is 10.9. The van der Waals surface area contributed by atoms with Crippen LogP contribution in [0, 0.1) is 3.57 Å². The Hall–Kier alpha value is -2.10. The van der Waals surface area contributed by atoms with E-state index in [9.17, 15) is 9.59 Å². The Morgan fingerprint density at radius 1 is 1.10 bits per heavy atom. The molecule has 1 aliphatic rings. The van der Waals surface area contributed by atoms with Crippen LogP contribution in [0.4, 0.5) is 5.69 Å². The second-order valence-electron chi connectivity index (χ2n) is 6.38. The highest BCUT2D eigenvalue weighted by Gasteiger charge is 2.35. The predicted molar refractivity (Wildman–Crippen MR) is 125 cm³/mol. The molecular weight excluding hydrogens is 569 g/mol. The Kier molecular flexibility index (Phi) is 5.80. The molecule has 4 rings (SSSR count). The number of benzene rings is 3. The number of halogens is 3. The highest BCUT2D eigenvalue weighted by atomic mass is 127. The van der Waals surface area contributed by atoms with Gasteiger partial charge >= 0.3 is 0 Å². The zero-order chi connectivity index (χ0) is 20.5. The lowest BCUT2D eigenvalue weighted by molar-refractivity contribution is 0.0490. The van der Waals surface area contributed by atoms with Gasteiger partial charge in [0.05, 0.1) is 11.1 Å². The van der Waals surface area contributed by atoms with Crippen LogP contribution in [0.3, 0.4) is 0 Å². The normalized spacial score (nSPS) is 15.5. The molecular formula is C21H14BrClIN3O2. The van der Waals surface area contributed by atoms with Crippen LogP contribution in [0.15, 0.2) is 71.2 Å². The number of hydrogen-bond acceptors (Lipinski definition) is 3. The molecule has 0 saturated heterocycles. The standard InChI is InChI=1S/C21H14BrClIN3O2/c22-13-7-10-18-16(11-13)21(29)27(19(25-18)12-5-8-14(23)9-6-12)26-20(28)15-3-1-2-4-17(15)24/h1-11,19,25H,(H,26,28). The Morgan fingerprint density at radius 2 is 1.83 bits per heavy atom. The number of rotatable bonds is 3. The summed E-state index contributed by atoms with van der Waals surface area (Å²) in [6.07, 6.45) is -0.584. The highest BCUT2D eigenvalue weighted by molar-refractivity contribution is 14.1. The molecule has 2 amide bonds. The fourth-order valence-corrected chi connectivity index (χ4v) is 4.21. The maximum absolute atomic E-state index is 13.3. The first-order chi connectivity index (χ1) is 13.9. The first-order valence-electron chi connectivity index (χ1n) is 8.64. The molecule has 5 nitrogen and oxygen atoms in total. The molecule has 1 heterocycles. The lowest BCUT2D eigenvalue weighted by atomic mass is 10.0. The number of hydrazine groups is 1. The smallest absolute Gasteiger partial charge is 0.276 e. The van der Waals surface area contributed by atoms with Crippen molar-refractivity contribution in [2.75, 3.05) is 5.32 Å². The fraction of sp³-hybridized carbons (Fsp3) is 0.0476. The van der Waals surface area contributed by atoms with Gasteiger partial charge in [-0.3, -0.25) is 15.0 Å². The second kappa shape index (κ2) is 8.33. The number of amides is 2. The van der Waals surface area contributed by atoms with Crippen molar-refractivity contribution in [1.29, 1.82) is 0 Å². The zero-order valence-corrected chi connectivity index (χ0v) is 19.3. The summed E-state index contributed by atoms with van der Waals surface area (Å²) < 4.78 is 1.58. The summed E-state index contributed by atoms with van der Waals surface area (Å²) in [4.78, 5) is 26.2. The van der Waals surface area contributed by atoms with Gasteiger partial charge in [0, 0.05) is 18.8 Å². The minimum atomic E-state index is -0.584. The molecule has 0 bridgehead atoms. The molecule has 2 N–H and O–H groups in total. The van der Waals surface area contributed by atoms with Crippen molar-refractivity contribution in [2.24, 2.45) is 0 Å². The third-order valence-electron chi connectivity index (χ3n) is 4.51. The third kappa shape index (κ3) is 4.12. The number of nitrogens with zero attached hydrogens (tertiary/aromatic N) is 1. The van der Waals surface area contributed by atoms with Gasteiger partial charge in [-0.1, -0.05) is 51.8 Å². The minimum absolute atomic E-state index is 0.306. The third-order valence-corrected chi connectivity index (χ3v) is 6.19. The molecule has 1 aliphatic heterocycles. The van der Waals surface area contributed by atoms with Crippen molar-refractivity contribution in [2.45, 2.75) is 6.17 Å². The van der Waals surface area contributed by atoms with Crippen molar-refractivity contribution in [1.82, 2.24) is 10.4 Å². The minimum Gasteiger partial charge on any atom is -0.359 e. The lowest BCUT2D eigenvalue weighted by Crippen LogP contribution is -2.53. The molecule has 29 heavy (non-hydrogen) atoms. The van der Waals surface area contributed by atoms with E-state index in [-0.39, 0.29) is 11.8 Å². The lowest BCUT2D eigenvalue weighted by Gasteiger charge is -2.38. The van der Waals surface area contributed by atoms with E-state index >= 15 is 0 Å². The number of nitrogens with one attached hydrogen (secondary N) is 2. The van der Waals surface area contributed by atoms with Gasteiger partial charge in [0.15, 0.2) is 0 Å². The summed E-state index contributed by atoms with van der Waals surface area (Å²) >= 11 is 11.5. The summed E-state index contributed by atoms with van der Waals surface area (Å²) in [5, 5.41) is 5.25. The monoisotopic (exact) mass is 581 g/mol. The van der Waals surface area contributed by atoms with Gasteiger partial charge in [0.1, 0.15) is 6.17 Å². The van der Waals surface area contributed by atoms with Crippen molar-refractivity contribution in [3.8, 4) is 0 Å². The number of hydrogen-bond donors (Lipinski definition) is 2. The summed E-state index contributed by atoms with van der Waals surface area (Å²) in [6, 6.07) is 19.8. The number of carbonyl (C=O) groups excluding carboxylic acids is 2. The highest BCUT2D eigenvalue weighted by Crippen LogP contribution is 2.34. The Morgan fingerprint density at radius 3 is 2.55 bits per heavy atom. The predicted octanol–water partition coefficient (Wildman–Crippen LogP) is 5.62. The molecule has 1 unspecified atom stereocenters. The molecule has 0 saturated carbocycles. The van der Waals surface area contributed by atoms with E-state index in [2.05, 4.69) is 49.3 Å². The van der Waals surface area contributed by atoms with Crippen LogP contribution in [0.2, 0.25) is 5.02 Å². The van der Waals surface area contributed by atoms with Gasteiger partial charge < -0.3 is 5.32 Å². The van der Waals surface area contributed by atoms with E-state index in [1.54, 1.807) is 30.3 Å². The molecule has 3 aromatic rings. The molecule has 0 aliphatic carbocycles. The van der Waals surface area contributed by atoms with Gasteiger partial charge in [-0.2, -0.15) is 0 Å². The van der Waals surface area contributed by atoms with Crippen LogP contribution in [-0.4, -0.2) is 16.8 Å². The van der Waals surface area contributed by atoms with E-state index in [1.165, 1.54) is 5.01 Å². The average Bonchev–Trinajstić information content (AvgIpc) is 2.71. The van der Waals surface area contributed by atoms with E-state index < -0.39 is 6.17 Å². The summed E-state index contributed by atoms with van der Waals surface area (Å²) in [6.45, 7) is 0. The maximum Gasteiger partial charge on any atom is 0.276 e. The molecule has 0 spiro atoms. The van der Waals surface area contributed by atoms with Gasteiger partial charge in [-0.25, -0.2) is 5.01 Å². The van der Waals surface area contributed by atoms with E-state index in [0.717, 1.165) is 13.6 Å². The summed E-state index contributed by atoms with van der Waals surface area (Å²) in [5.41, 5.74) is 5.22. The number of carbonyl (C=O) groups is 2. The second-order valence-corrected chi connectivity index (χ2v) is 8.90. The van der Waals surface area contributed by atoms with E-state index in [0.29, 0.717) is 21.8 Å². The van der Waals surface area contributed by atoms with Crippen molar-refractivity contribution in [3.05, 3.63) is 96.5 Å². The van der Waals surface area contributed by atoms with Gasteiger partial charge in [-0.05, 0) is 70.6 Å². The molecule has 8 heteroatoms. The van der Waals surface area contributed by atoms with Crippen LogP contribution >= 0.6 is 50.1 Å². The Bertz CT molecular complexity index is 1110. The average molecular weight is 583 g/mol. The molecule has 146 valence electrons. The quantitative estimate of drug-likeness (QED) is 0.395. The van der Waals surface area contributed by atoms with Crippen LogP contribution < -0.4 is 10.7 Å². The van der Waals surface area contributed by atoms with Crippen LogP contribution in [0.5, 0.6) is 0 Å². The molecule has 0 fully saturated rings. The largest absolute Gasteiger partial charge is 0.359 e. The fourth-order valence-electron chi connectivity index (χ4n) is 3.09. The van der Waals surface area contributed by atoms with Gasteiger partial charge in [0.2, 0.25) is 0 Å². The topological polar surface area (TPSA) is 61.4 Å². The molecule has 0 radical (unpaired) electrons. The van der Waals surface area contributed by atoms with Crippen molar-refractivity contribution < 1.29 is 9.59 Å². The van der Waals surface area contributed by atoms with E-state index in [4.69, 9.17) is 11.6 Å². The molecule has 3 aromatic carbocycles. The summed E-state index contributed by atoms with van der Waals surface area (Å²) in [7, 11) is 0. The number of anilines is 1. The van der Waals surface area contributed by atoms with Crippen LogP contribution in [-0.2, 0) is 0 Å². The number of fused-ring (bicyclic) bond motifs is 1. The Balaban J connectivity index is 1.74. The zero-order valence-electron chi connectivity index (χ0n) is 14.8. The summed E-state index contributed by atoms with van der Waals surface area (Å²) in [5.74, 6) is -0.665. The SMILES string of the molecule is O=C(NN1C(=O)c2cc(Br)ccc2NC1c1ccc(Cl)cc1)c1ccccc1I. The van der Waals surface area contributed by atoms with Crippen LogP contribution in [0.25, 0.3) is 0 Å². The molecule has 1 atom stereocenters. The Labute approximate surface area is 194 Å². The first kappa shape index (κ1) is 20.2.